The Labute approximate surface area is 171 Å². The molecule has 0 aromatic carbocycles. The van der Waals surface area contributed by atoms with Crippen molar-refractivity contribution >= 4 is 0 Å². The van der Waals surface area contributed by atoms with Gasteiger partial charge < -0.3 is 25.6 Å². The molecule has 2 heterocycles. The van der Waals surface area contributed by atoms with Gasteiger partial charge in [0.15, 0.2) is 0 Å². The number of rotatable bonds is 6. The molecule has 0 radical (unpaired) electrons. The number of hydrogen-bond acceptors (Lipinski definition) is 7. The lowest BCUT2D eigenvalue weighted by Crippen LogP contribution is -2.63. The van der Waals surface area contributed by atoms with Crippen LogP contribution in [0.3, 0.4) is 0 Å². The molecule has 2 rings (SSSR count). The number of hydroxylamine groups is 4. The van der Waals surface area contributed by atoms with E-state index in [1.54, 1.807) is 0 Å². The number of ether oxygens (including phenoxy) is 1. The van der Waals surface area contributed by atoms with Gasteiger partial charge in [0.2, 0.25) is 0 Å². The van der Waals surface area contributed by atoms with Crippen LogP contribution in [0.5, 0.6) is 0 Å². The Morgan fingerprint density at radius 2 is 1.21 bits per heavy atom. The van der Waals surface area contributed by atoms with E-state index in [2.05, 4.69) is 5.32 Å². The molecule has 0 spiro atoms. The molecule has 2 aliphatic rings. The van der Waals surface area contributed by atoms with Crippen LogP contribution in [0.15, 0.2) is 0 Å². The number of aliphatic hydroxyl groups is 1. The first-order valence-corrected chi connectivity index (χ1v) is 10.6. The number of hydrogen-bond donors (Lipinski definition) is 4. The molecule has 1 unspecified atom stereocenters. The van der Waals surface area contributed by atoms with Gasteiger partial charge in [0.25, 0.3) is 0 Å². The molecule has 166 valence electrons. The van der Waals surface area contributed by atoms with E-state index in [0.29, 0.717) is 6.54 Å². The minimum atomic E-state index is -0.586. The molecule has 4 N–H and O–H groups in total. The Balaban J connectivity index is 1.81. The lowest BCUT2D eigenvalue weighted by atomic mass is 9.79. The lowest BCUT2D eigenvalue weighted by Gasteiger charge is -2.51. The zero-order valence-electron chi connectivity index (χ0n) is 19.1. The molecule has 2 aliphatic heterocycles. The van der Waals surface area contributed by atoms with Gasteiger partial charge in [0, 0.05) is 34.7 Å². The van der Waals surface area contributed by atoms with Crippen LogP contribution in [0.2, 0.25) is 0 Å². The van der Waals surface area contributed by atoms with Crippen molar-refractivity contribution in [2.24, 2.45) is 0 Å². The number of nitrogens with one attached hydrogen (secondary N) is 1. The van der Waals surface area contributed by atoms with E-state index in [9.17, 15) is 15.5 Å². The topological polar surface area (TPSA) is 88.4 Å². The summed E-state index contributed by atoms with van der Waals surface area (Å²) in [5.74, 6) is 0. The van der Waals surface area contributed by atoms with Crippen LogP contribution >= 0.6 is 0 Å². The van der Waals surface area contributed by atoms with Gasteiger partial charge in [-0.1, -0.05) is 0 Å². The largest absolute Gasteiger partial charge is 0.389 e. The van der Waals surface area contributed by atoms with Gasteiger partial charge in [-0.25, -0.2) is 0 Å². The van der Waals surface area contributed by atoms with Gasteiger partial charge in [-0.15, -0.1) is 0 Å². The molecular formula is C21H43N3O4. The molecule has 2 saturated heterocycles. The molecule has 2 fully saturated rings. The van der Waals surface area contributed by atoms with Crippen LogP contribution in [-0.2, 0) is 4.74 Å². The molecule has 7 nitrogen and oxygen atoms in total. The summed E-state index contributed by atoms with van der Waals surface area (Å²) in [5.41, 5.74) is -1.33. The van der Waals surface area contributed by atoms with Crippen molar-refractivity contribution in [1.82, 2.24) is 15.4 Å². The van der Waals surface area contributed by atoms with Crippen LogP contribution in [-0.4, -0.2) is 79.2 Å². The second-order valence-electron chi connectivity index (χ2n) is 11.4. The van der Waals surface area contributed by atoms with Crippen molar-refractivity contribution in [2.45, 2.75) is 121 Å². The average molecular weight is 402 g/mol. The predicted octanol–water partition coefficient (Wildman–Crippen LogP) is 2.78. The zero-order valence-corrected chi connectivity index (χ0v) is 19.1. The number of piperidine rings is 2. The van der Waals surface area contributed by atoms with E-state index in [-0.39, 0.29) is 40.9 Å². The van der Waals surface area contributed by atoms with Crippen LogP contribution in [0, 0.1) is 0 Å². The van der Waals surface area contributed by atoms with Crippen LogP contribution in [0.1, 0.15) is 81.1 Å². The van der Waals surface area contributed by atoms with E-state index in [1.807, 2.05) is 55.4 Å². The van der Waals surface area contributed by atoms with Crippen LogP contribution in [0.4, 0.5) is 0 Å². The van der Waals surface area contributed by atoms with Crippen molar-refractivity contribution in [3.05, 3.63) is 0 Å². The van der Waals surface area contributed by atoms with Crippen molar-refractivity contribution in [1.29, 1.82) is 0 Å². The molecule has 1 atom stereocenters. The van der Waals surface area contributed by atoms with E-state index >= 15 is 0 Å². The van der Waals surface area contributed by atoms with Gasteiger partial charge in [0.05, 0.1) is 18.8 Å². The number of aliphatic hydroxyl groups excluding tert-OH is 1. The molecule has 0 aromatic heterocycles. The van der Waals surface area contributed by atoms with E-state index in [1.165, 1.54) is 10.1 Å². The highest BCUT2D eigenvalue weighted by atomic mass is 16.5. The van der Waals surface area contributed by atoms with Gasteiger partial charge in [-0.05, 0) is 81.1 Å². The van der Waals surface area contributed by atoms with Crippen LogP contribution < -0.4 is 5.32 Å². The Morgan fingerprint density at radius 1 is 0.821 bits per heavy atom. The fourth-order valence-electron chi connectivity index (χ4n) is 5.32. The Morgan fingerprint density at radius 3 is 1.64 bits per heavy atom. The standard InChI is InChI=1S/C21H43N3O4/c1-18(2)9-15(10-19(3,4)23(18)26)22-13-16(25)14-28-17-11-20(5,6)24(27)21(7,8)12-17/h15-17,22,25-27H,9-14H2,1-8H3. The van der Waals surface area contributed by atoms with E-state index < -0.39 is 6.10 Å². The molecule has 28 heavy (non-hydrogen) atoms. The summed E-state index contributed by atoms with van der Waals surface area (Å²) in [6.45, 7) is 17.0. The second kappa shape index (κ2) is 8.10. The minimum Gasteiger partial charge on any atom is -0.389 e. The maximum Gasteiger partial charge on any atom is 0.0897 e. The van der Waals surface area contributed by atoms with Crippen molar-refractivity contribution in [3.63, 3.8) is 0 Å². The minimum absolute atomic E-state index is 0.0125. The molecule has 0 bridgehead atoms. The average Bonchev–Trinajstić information content (AvgIpc) is 2.52. The molecule has 0 saturated carbocycles. The summed E-state index contributed by atoms with van der Waals surface area (Å²) >= 11 is 0. The molecule has 7 heteroatoms. The Hall–Kier alpha value is -0.280. The predicted molar refractivity (Wildman–Crippen MR) is 110 cm³/mol. The van der Waals surface area contributed by atoms with Crippen molar-refractivity contribution in [3.8, 4) is 0 Å². The quantitative estimate of drug-likeness (QED) is 0.544. The lowest BCUT2D eigenvalue weighted by molar-refractivity contribution is -0.262. The second-order valence-corrected chi connectivity index (χ2v) is 11.4. The first-order valence-electron chi connectivity index (χ1n) is 10.6. The third kappa shape index (κ3) is 5.45. The smallest absolute Gasteiger partial charge is 0.0897 e. The third-order valence-electron chi connectivity index (χ3n) is 6.41. The molecule has 0 amide bonds. The fraction of sp³-hybridized carbons (Fsp3) is 1.00. The fourth-order valence-corrected chi connectivity index (χ4v) is 5.32. The monoisotopic (exact) mass is 401 g/mol. The first kappa shape index (κ1) is 24.0. The highest BCUT2D eigenvalue weighted by Crippen LogP contribution is 2.38. The third-order valence-corrected chi connectivity index (χ3v) is 6.41. The maximum atomic E-state index is 10.4. The summed E-state index contributed by atoms with van der Waals surface area (Å²) < 4.78 is 6.03. The van der Waals surface area contributed by atoms with Gasteiger partial charge in [-0.3, -0.25) is 0 Å². The summed E-state index contributed by atoms with van der Waals surface area (Å²) in [7, 11) is 0. The molecule has 0 aliphatic carbocycles. The van der Waals surface area contributed by atoms with Crippen molar-refractivity contribution in [2.75, 3.05) is 13.2 Å². The van der Waals surface area contributed by atoms with Gasteiger partial charge >= 0.3 is 0 Å². The van der Waals surface area contributed by atoms with Gasteiger partial charge in [-0.2, -0.15) is 10.1 Å². The van der Waals surface area contributed by atoms with Gasteiger partial charge in [0.1, 0.15) is 0 Å². The highest BCUT2D eigenvalue weighted by Gasteiger charge is 2.46. The Bertz CT molecular complexity index is 454. The normalized spacial score (nSPS) is 29.7. The summed E-state index contributed by atoms with van der Waals surface area (Å²) in [4.78, 5) is 0. The molecule has 0 aromatic rings. The summed E-state index contributed by atoms with van der Waals surface area (Å²) in [6, 6.07) is 0.235. The summed E-state index contributed by atoms with van der Waals surface area (Å²) in [6.07, 6.45) is 2.51. The molecular weight excluding hydrogens is 358 g/mol. The van der Waals surface area contributed by atoms with E-state index in [4.69, 9.17) is 4.74 Å². The summed E-state index contributed by atoms with van der Waals surface area (Å²) in [5, 5.41) is 37.6. The Kier molecular flexibility index (Phi) is 6.94. The van der Waals surface area contributed by atoms with Crippen molar-refractivity contribution < 1.29 is 20.3 Å². The maximum absolute atomic E-state index is 10.4. The highest BCUT2D eigenvalue weighted by molar-refractivity contribution is 4.99. The first-order chi connectivity index (χ1) is 12.6. The number of nitrogens with zero attached hydrogens (tertiary/aromatic N) is 2. The van der Waals surface area contributed by atoms with E-state index in [0.717, 1.165) is 25.7 Å². The van der Waals surface area contributed by atoms with Crippen LogP contribution in [0.25, 0.3) is 0 Å². The zero-order chi connectivity index (χ0) is 21.5. The SMILES string of the molecule is CC1(C)CC(NCC(O)COC2CC(C)(C)N(O)C(C)(C)C2)CC(C)(C)N1O.